The van der Waals surface area contributed by atoms with Crippen molar-refractivity contribution in [2.45, 2.75) is 51.5 Å². The summed E-state index contributed by atoms with van der Waals surface area (Å²) in [6.45, 7) is 6.39. The molecule has 0 spiro atoms. The fourth-order valence-electron chi connectivity index (χ4n) is 5.29. The van der Waals surface area contributed by atoms with E-state index in [9.17, 15) is 4.79 Å². The van der Waals surface area contributed by atoms with Gasteiger partial charge in [0, 0.05) is 32.3 Å². The second-order valence-electron chi connectivity index (χ2n) is 9.64. The van der Waals surface area contributed by atoms with E-state index in [-0.39, 0.29) is 5.91 Å². The second-order valence-corrected chi connectivity index (χ2v) is 9.64. The summed E-state index contributed by atoms with van der Waals surface area (Å²) in [6.07, 6.45) is 6.12. The highest BCUT2D eigenvalue weighted by atomic mass is 16.5. The highest BCUT2D eigenvalue weighted by Crippen LogP contribution is 2.36. The third-order valence-corrected chi connectivity index (χ3v) is 7.43. The Balaban J connectivity index is 1.45. The lowest BCUT2D eigenvalue weighted by Crippen LogP contribution is -2.49. The number of ether oxygens (including phenoxy) is 2. The van der Waals surface area contributed by atoms with Crippen molar-refractivity contribution in [2.24, 2.45) is 5.41 Å². The largest absolute Gasteiger partial charge is 0.497 e. The molecule has 2 fully saturated rings. The number of piperidine rings is 1. The zero-order valence-electron chi connectivity index (χ0n) is 20.1. The molecule has 33 heavy (non-hydrogen) atoms. The molecule has 1 atom stereocenters. The standard InChI is InChI=1S/C28H38N2O3/c1-22-7-3-4-15-30(22)16-14-29-27(31)28(12-17-33-18-13-28)21-23-8-5-9-24(19-23)25-10-6-11-26(20-25)32-2/h5-6,8-11,19-20,22H,3-4,7,12-18,21H2,1-2H3,(H,29,31)/t22-/m1/s1. The maximum absolute atomic E-state index is 13.5. The third-order valence-electron chi connectivity index (χ3n) is 7.43. The van der Waals surface area contributed by atoms with E-state index >= 15 is 0 Å². The second kappa shape index (κ2) is 11.2. The van der Waals surface area contributed by atoms with Gasteiger partial charge in [-0.1, -0.05) is 42.8 Å². The first-order valence-corrected chi connectivity index (χ1v) is 12.4. The van der Waals surface area contributed by atoms with Gasteiger partial charge in [0.2, 0.25) is 5.91 Å². The summed E-state index contributed by atoms with van der Waals surface area (Å²) in [6, 6.07) is 17.3. The van der Waals surface area contributed by atoms with Crippen LogP contribution in [-0.4, -0.2) is 56.8 Å². The number of rotatable bonds is 8. The zero-order valence-corrected chi connectivity index (χ0v) is 20.1. The number of nitrogens with zero attached hydrogens (tertiary/aromatic N) is 1. The number of likely N-dealkylation sites (tertiary alicyclic amines) is 1. The van der Waals surface area contributed by atoms with E-state index < -0.39 is 5.41 Å². The van der Waals surface area contributed by atoms with Gasteiger partial charge in [-0.05, 0) is 74.4 Å². The Morgan fingerprint density at radius 1 is 1.12 bits per heavy atom. The average Bonchev–Trinajstić information content (AvgIpc) is 2.86. The molecule has 1 N–H and O–H groups in total. The van der Waals surface area contributed by atoms with Crippen molar-refractivity contribution in [1.29, 1.82) is 0 Å². The number of hydrogen-bond donors (Lipinski definition) is 1. The van der Waals surface area contributed by atoms with E-state index in [1.54, 1.807) is 7.11 Å². The van der Waals surface area contributed by atoms with Crippen molar-refractivity contribution in [3.8, 4) is 16.9 Å². The molecule has 2 aromatic rings. The lowest BCUT2D eigenvalue weighted by molar-refractivity contribution is -0.136. The Hall–Kier alpha value is -2.37. The maximum atomic E-state index is 13.5. The minimum Gasteiger partial charge on any atom is -0.497 e. The van der Waals surface area contributed by atoms with Crippen molar-refractivity contribution < 1.29 is 14.3 Å². The van der Waals surface area contributed by atoms with Crippen LogP contribution in [0.1, 0.15) is 44.6 Å². The molecule has 2 aliphatic heterocycles. The van der Waals surface area contributed by atoms with Crippen LogP contribution in [0.15, 0.2) is 48.5 Å². The van der Waals surface area contributed by atoms with Gasteiger partial charge in [0.1, 0.15) is 5.75 Å². The van der Waals surface area contributed by atoms with Crippen LogP contribution in [0.25, 0.3) is 11.1 Å². The highest BCUT2D eigenvalue weighted by Gasteiger charge is 2.40. The third kappa shape index (κ3) is 5.96. The van der Waals surface area contributed by atoms with Crippen LogP contribution in [0.4, 0.5) is 0 Å². The first-order chi connectivity index (χ1) is 16.1. The predicted molar refractivity (Wildman–Crippen MR) is 133 cm³/mol. The average molecular weight is 451 g/mol. The lowest BCUT2D eigenvalue weighted by atomic mass is 9.74. The van der Waals surface area contributed by atoms with E-state index in [4.69, 9.17) is 9.47 Å². The number of amides is 1. The molecule has 0 saturated carbocycles. The molecule has 2 heterocycles. The van der Waals surface area contributed by atoms with Crippen molar-refractivity contribution in [3.63, 3.8) is 0 Å². The van der Waals surface area contributed by atoms with Gasteiger partial charge in [0.05, 0.1) is 12.5 Å². The number of carbonyl (C=O) groups excluding carboxylic acids is 1. The molecule has 2 saturated heterocycles. The molecular weight excluding hydrogens is 412 g/mol. The van der Waals surface area contributed by atoms with Crippen molar-refractivity contribution in [3.05, 3.63) is 54.1 Å². The fourth-order valence-corrected chi connectivity index (χ4v) is 5.29. The Labute approximate surface area is 198 Å². The lowest BCUT2D eigenvalue weighted by Gasteiger charge is -2.37. The van der Waals surface area contributed by atoms with Crippen LogP contribution in [0, 0.1) is 5.41 Å². The molecule has 5 nitrogen and oxygen atoms in total. The zero-order chi connectivity index (χ0) is 23.1. The van der Waals surface area contributed by atoms with Gasteiger partial charge in [0.15, 0.2) is 0 Å². The minimum atomic E-state index is -0.404. The van der Waals surface area contributed by atoms with E-state index in [1.807, 2.05) is 12.1 Å². The predicted octanol–water partition coefficient (Wildman–Crippen LogP) is 4.69. The first kappa shape index (κ1) is 23.8. The van der Waals surface area contributed by atoms with Crippen LogP contribution >= 0.6 is 0 Å². The number of carbonyl (C=O) groups is 1. The van der Waals surface area contributed by atoms with Gasteiger partial charge < -0.3 is 14.8 Å². The van der Waals surface area contributed by atoms with Crippen molar-refractivity contribution in [1.82, 2.24) is 10.2 Å². The molecule has 4 rings (SSSR count). The molecule has 1 amide bonds. The van der Waals surface area contributed by atoms with Gasteiger partial charge in [-0.25, -0.2) is 0 Å². The van der Waals surface area contributed by atoms with E-state index in [0.717, 1.165) is 55.8 Å². The molecule has 0 bridgehead atoms. The van der Waals surface area contributed by atoms with Crippen LogP contribution in [-0.2, 0) is 16.0 Å². The molecule has 178 valence electrons. The summed E-state index contributed by atoms with van der Waals surface area (Å²) >= 11 is 0. The number of hydrogen-bond acceptors (Lipinski definition) is 4. The van der Waals surface area contributed by atoms with Crippen molar-refractivity contribution in [2.75, 3.05) is 40.0 Å². The van der Waals surface area contributed by atoms with Gasteiger partial charge in [-0.2, -0.15) is 0 Å². The summed E-state index contributed by atoms with van der Waals surface area (Å²) < 4.78 is 11.0. The van der Waals surface area contributed by atoms with Crippen LogP contribution in [0.5, 0.6) is 5.75 Å². The summed E-state index contributed by atoms with van der Waals surface area (Å²) in [5.74, 6) is 1.03. The minimum absolute atomic E-state index is 0.183. The maximum Gasteiger partial charge on any atom is 0.226 e. The number of nitrogens with one attached hydrogen (secondary N) is 1. The Bertz CT molecular complexity index is 923. The smallest absolute Gasteiger partial charge is 0.226 e. The normalized spacial score (nSPS) is 20.8. The van der Waals surface area contributed by atoms with Gasteiger partial charge in [0.25, 0.3) is 0 Å². The van der Waals surface area contributed by atoms with Crippen LogP contribution in [0.3, 0.4) is 0 Å². The number of methoxy groups -OCH3 is 1. The molecule has 0 aliphatic carbocycles. The Morgan fingerprint density at radius 2 is 1.88 bits per heavy atom. The monoisotopic (exact) mass is 450 g/mol. The van der Waals surface area contributed by atoms with Gasteiger partial charge >= 0.3 is 0 Å². The molecule has 0 unspecified atom stereocenters. The summed E-state index contributed by atoms with van der Waals surface area (Å²) in [4.78, 5) is 16.0. The molecule has 0 radical (unpaired) electrons. The molecule has 2 aromatic carbocycles. The molecule has 2 aliphatic rings. The SMILES string of the molecule is COc1cccc(-c2cccc(CC3(C(=O)NCCN4CCCC[C@H]4C)CCOCC3)c2)c1. The molecule has 5 heteroatoms. The molecule has 0 aromatic heterocycles. The van der Waals surface area contributed by atoms with E-state index in [2.05, 4.69) is 53.5 Å². The Morgan fingerprint density at radius 3 is 2.64 bits per heavy atom. The van der Waals surface area contributed by atoms with Gasteiger partial charge in [-0.15, -0.1) is 0 Å². The first-order valence-electron chi connectivity index (χ1n) is 12.4. The quantitative estimate of drug-likeness (QED) is 0.634. The summed E-state index contributed by atoms with van der Waals surface area (Å²) in [5, 5.41) is 3.29. The number of benzene rings is 2. The van der Waals surface area contributed by atoms with Crippen LogP contribution in [0.2, 0.25) is 0 Å². The van der Waals surface area contributed by atoms with E-state index in [0.29, 0.717) is 19.3 Å². The van der Waals surface area contributed by atoms with Gasteiger partial charge in [-0.3, -0.25) is 9.69 Å². The topological polar surface area (TPSA) is 50.8 Å². The van der Waals surface area contributed by atoms with E-state index in [1.165, 1.54) is 24.8 Å². The van der Waals surface area contributed by atoms with Crippen LogP contribution < -0.4 is 10.1 Å². The summed E-state index contributed by atoms with van der Waals surface area (Å²) in [7, 11) is 1.69. The molecular formula is C28H38N2O3. The van der Waals surface area contributed by atoms with Crippen molar-refractivity contribution >= 4 is 5.91 Å². The highest BCUT2D eigenvalue weighted by molar-refractivity contribution is 5.83. The fraction of sp³-hybridized carbons (Fsp3) is 0.536. The Kier molecular flexibility index (Phi) is 8.05. The summed E-state index contributed by atoms with van der Waals surface area (Å²) in [5.41, 5.74) is 3.06.